The van der Waals surface area contributed by atoms with Crippen molar-refractivity contribution in [3.05, 3.63) is 53.4 Å². The molecule has 3 rings (SSSR count). The summed E-state index contributed by atoms with van der Waals surface area (Å²) in [5.41, 5.74) is 1.36. The maximum Gasteiger partial charge on any atom is 0.191 e. The van der Waals surface area contributed by atoms with E-state index in [1.165, 1.54) is 10.6 Å². The summed E-state index contributed by atoms with van der Waals surface area (Å²) in [7, 11) is 2.18. The van der Waals surface area contributed by atoms with Crippen LogP contribution in [0.15, 0.2) is 52.8 Å². The minimum absolute atomic E-state index is 0.504. The Labute approximate surface area is 179 Å². The van der Waals surface area contributed by atoms with Crippen molar-refractivity contribution in [3.63, 3.8) is 0 Å². The fraction of sp³-hybridized carbons (Fsp3) is 0.522. The van der Waals surface area contributed by atoms with E-state index < -0.39 is 0 Å². The van der Waals surface area contributed by atoms with Crippen molar-refractivity contribution in [2.24, 2.45) is 4.99 Å². The highest BCUT2D eigenvalue weighted by atomic mass is 32.1. The summed E-state index contributed by atoms with van der Waals surface area (Å²) < 4.78 is 0. The van der Waals surface area contributed by atoms with Gasteiger partial charge in [0.15, 0.2) is 5.96 Å². The molecule has 6 heteroatoms. The van der Waals surface area contributed by atoms with Gasteiger partial charge in [-0.2, -0.15) is 0 Å². The highest BCUT2D eigenvalue weighted by Crippen LogP contribution is 2.24. The lowest BCUT2D eigenvalue weighted by atomic mass is 10.1. The molecule has 1 aliphatic rings. The second kappa shape index (κ2) is 11.8. The smallest absolute Gasteiger partial charge is 0.191 e. The van der Waals surface area contributed by atoms with Crippen molar-refractivity contribution in [1.29, 1.82) is 0 Å². The Morgan fingerprint density at radius 1 is 1.17 bits per heavy atom. The number of nitrogens with zero attached hydrogens (tertiary/aromatic N) is 3. The number of hydrogen-bond acceptors (Lipinski definition) is 4. The van der Waals surface area contributed by atoms with Gasteiger partial charge in [0.2, 0.25) is 0 Å². The number of rotatable bonds is 9. The van der Waals surface area contributed by atoms with Gasteiger partial charge in [-0.1, -0.05) is 30.3 Å². The summed E-state index contributed by atoms with van der Waals surface area (Å²) in [5, 5.41) is 10.6. The van der Waals surface area contributed by atoms with Crippen LogP contribution >= 0.6 is 11.3 Å². The molecular formula is C23H35N5S. The fourth-order valence-corrected chi connectivity index (χ4v) is 4.50. The molecule has 1 aromatic heterocycles. The van der Waals surface area contributed by atoms with E-state index in [0.29, 0.717) is 6.04 Å². The predicted molar refractivity (Wildman–Crippen MR) is 126 cm³/mol. The van der Waals surface area contributed by atoms with Crippen LogP contribution in [0.25, 0.3) is 0 Å². The molecule has 2 heterocycles. The Bertz CT molecular complexity index is 708. The van der Waals surface area contributed by atoms with Crippen molar-refractivity contribution in [2.75, 3.05) is 44.7 Å². The Kier molecular flexibility index (Phi) is 8.83. The number of piperidine rings is 1. The highest BCUT2D eigenvalue weighted by molar-refractivity contribution is 7.14. The molecule has 0 saturated carbocycles. The zero-order valence-electron chi connectivity index (χ0n) is 17.8. The molecule has 0 atom stereocenters. The van der Waals surface area contributed by atoms with Gasteiger partial charge in [-0.3, -0.25) is 4.99 Å². The van der Waals surface area contributed by atoms with Gasteiger partial charge in [-0.05, 0) is 62.9 Å². The number of benzene rings is 1. The third-order valence-corrected chi connectivity index (χ3v) is 6.19. The van der Waals surface area contributed by atoms with Gasteiger partial charge in [0.25, 0.3) is 0 Å². The van der Waals surface area contributed by atoms with Crippen molar-refractivity contribution < 1.29 is 0 Å². The maximum atomic E-state index is 4.81. The minimum Gasteiger partial charge on any atom is -0.363 e. The van der Waals surface area contributed by atoms with Crippen LogP contribution in [-0.4, -0.2) is 56.7 Å². The van der Waals surface area contributed by atoms with Gasteiger partial charge in [0.1, 0.15) is 0 Å². The predicted octanol–water partition coefficient (Wildman–Crippen LogP) is 3.79. The van der Waals surface area contributed by atoms with E-state index in [-0.39, 0.29) is 0 Å². The topological polar surface area (TPSA) is 42.9 Å². The molecule has 158 valence electrons. The molecule has 0 unspecified atom stereocenters. The number of guanidine groups is 1. The first kappa shape index (κ1) is 21.7. The van der Waals surface area contributed by atoms with Crippen LogP contribution in [-0.2, 0) is 6.54 Å². The molecule has 0 radical (unpaired) electrons. The van der Waals surface area contributed by atoms with Crippen LogP contribution in [0.3, 0.4) is 0 Å². The highest BCUT2D eigenvalue weighted by Gasteiger charge is 2.20. The van der Waals surface area contributed by atoms with E-state index in [2.05, 4.69) is 82.2 Å². The average molecular weight is 414 g/mol. The van der Waals surface area contributed by atoms with Crippen LogP contribution in [0, 0.1) is 0 Å². The Morgan fingerprint density at radius 2 is 1.97 bits per heavy atom. The summed E-state index contributed by atoms with van der Waals surface area (Å²) in [6, 6.07) is 15.5. The summed E-state index contributed by atoms with van der Waals surface area (Å²) in [4.78, 5) is 9.67. The molecule has 2 N–H and O–H groups in total. The molecule has 0 spiro atoms. The zero-order valence-corrected chi connectivity index (χ0v) is 18.6. The molecule has 1 aliphatic heterocycles. The number of hydrogen-bond donors (Lipinski definition) is 2. The maximum absolute atomic E-state index is 4.81. The number of anilines is 1. The summed E-state index contributed by atoms with van der Waals surface area (Å²) in [5.74, 6) is 0.966. The second-order valence-corrected chi connectivity index (χ2v) is 8.62. The summed E-state index contributed by atoms with van der Waals surface area (Å²) >= 11 is 1.83. The van der Waals surface area contributed by atoms with Gasteiger partial charge in [0, 0.05) is 38.8 Å². The Hall–Kier alpha value is -2.05. The normalized spacial score (nSPS) is 15.7. The van der Waals surface area contributed by atoms with Gasteiger partial charge < -0.3 is 20.4 Å². The standard InChI is InChI=1S/C23H35N5S/c1-3-24-23(25-14-8-15-27(2)19-20-9-5-4-6-10-20)26-21-12-16-28(17-13-21)22-11-7-18-29-22/h4-7,9-11,18,21H,3,8,12-17,19H2,1-2H3,(H2,24,25,26). The van der Waals surface area contributed by atoms with Crippen LogP contribution in [0.2, 0.25) is 0 Å². The number of aliphatic imine (C=N–C) groups is 1. The molecule has 1 saturated heterocycles. The van der Waals surface area contributed by atoms with E-state index in [0.717, 1.165) is 64.5 Å². The van der Waals surface area contributed by atoms with Crippen LogP contribution in [0.5, 0.6) is 0 Å². The van der Waals surface area contributed by atoms with E-state index >= 15 is 0 Å². The SMILES string of the molecule is CCNC(=NCCCN(C)Cc1ccccc1)NC1CCN(c2cccs2)CC1. The number of nitrogens with one attached hydrogen (secondary N) is 2. The third-order valence-electron chi connectivity index (χ3n) is 5.26. The number of thiophene rings is 1. The summed E-state index contributed by atoms with van der Waals surface area (Å²) in [6.07, 6.45) is 3.38. The molecule has 0 bridgehead atoms. The minimum atomic E-state index is 0.504. The molecule has 1 aromatic carbocycles. The van der Waals surface area contributed by atoms with Crippen LogP contribution in [0.4, 0.5) is 5.00 Å². The monoisotopic (exact) mass is 413 g/mol. The molecule has 29 heavy (non-hydrogen) atoms. The average Bonchev–Trinajstić information content (AvgIpc) is 3.27. The van der Waals surface area contributed by atoms with E-state index in [1.54, 1.807) is 0 Å². The van der Waals surface area contributed by atoms with Crippen molar-refractivity contribution in [1.82, 2.24) is 15.5 Å². The molecular weight excluding hydrogens is 378 g/mol. The van der Waals surface area contributed by atoms with Gasteiger partial charge in [0.05, 0.1) is 5.00 Å². The molecule has 0 amide bonds. The van der Waals surface area contributed by atoms with Gasteiger partial charge in [-0.15, -0.1) is 11.3 Å². The first-order chi connectivity index (χ1) is 14.2. The molecule has 5 nitrogen and oxygen atoms in total. The van der Waals surface area contributed by atoms with Crippen molar-refractivity contribution in [3.8, 4) is 0 Å². The molecule has 1 fully saturated rings. The van der Waals surface area contributed by atoms with E-state index in [9.17, 15) is 0 Å². The third kappa shape index (κ3) is 7.37. The molecule has 2 aromatic rings. The van der Waals surface area contributed by atoms with Crippen LogP contribution in [0.1, 0.15) is 31.7 Å². The van der Waals surface area contributed by atoms with Crippen molar-refractivity contribution >= 4 is 22.3 Å². The van der Waals surface area contributed by atoms with Crippen molar-refractivity contribution in [2.45, 2.75) is 38.8 Å². The van der Waals surface area contributed by atoms with Crippen LogP contribution < -0.4 is 15.5 Å². The zero-order chi connectivity index (χ0) is 20.3. The fourth-order valence-electron chi connectivity index (χ4n) is 3.71. The molecule has 0 aliphatic carbocycles. The lowest BCUT2D eigenvalue weighted by Crippen LogP contribution is -2.48. The van der Waals surface area contributed by atoms with E-state index in [1.807, 2.05) is 11.3 Å². The van der Waals surface area contributed by atoms with E-state index in [4.69, 9.17) is 4.99 Å². The lowest BCUT2D eigenvalue weighted by Gasteiger charge is -2.33. The Balaban J connectivity index is 1.38. The summed E-state index contributed by atoms with van der Waals surface area (Å²) in [6.45, 7) is 8.15. The lowest BCUT2D eigenvalue weighted by molar-refractivity contribution is 0.324. The largest absolute Gasteiger partial charge is 0.363 e. The Morgan fingerprint density at radius 3 is 2.66 bits per heavy atom. The second-order valence-electron chi connectivity index (χ2n) is 7.69. The van der Waals surface area contributed by atoms with Gasteiger partial charge in [-0.25, -0.2) is 0 Å². The van der Waals surface area contributed by atoms with Gasteiger partial charge >= 0.3 is 0 Å². The first-order valence-electron chi connectivity index (χ1n) is 10.8. The first-order valence-corrected chi connectivity index (χ1v) is 11.7. The quantitative estimate of drug-likeness (QED) is 0.373.